The van der Waals surface area contributed by atoms with Gasteiger partial charge in [0.1, 0.15) is 0 Å². The van der Waals surface area contributed by atoms with E-state index in [1.165, 1.54) is 38.5 Å². The molecule has 1 aliphatic carbocycles. The second-order valence-electron chi connectivity index (χ2n) is 5.48. The van der Waals surface area contributed by atoms with E-state index in [9.17, 15) is 4.79 Å². The van der Waals surface area contributed by atoms with E-state index in [4.69, 9.17) is 0 Å². The molecule has 1 amide bonds. The normalized spacial score (nSPS) is 24.6. The smallest absolute Gasteiger partial charge is 0.223 e. The van der Waals surface area contributed by atoms with Gasteiger partial charge in [-0.25, -0.2) is 0 Å². The van der Waals surface area contributed by atoms with Gasteiger partial charge < -0.3 is 5.32 Å². The second kappa shape index (κ2) is 8.54. The number of amides is 1. The number of carbonyl (C=O) groups is 1. The van der Waals surface area contributed by atoms with Gasteiger partial charge in [-0.15, -0.1) is 0 Å². The molecule has 0 radical (unpaired) electrons. The Hall–Kier alpha value is -0.530. The van der Waals surface area contributed by atoms with Crippen LogP contribution in [0, 0.1) is 11.8 Å². The SMILES string of the molecule is CCCCCCNC(=O)C1CCC(CC)CC1. The van der Waals surface area contributed by atoms with Gasteiger partial charge >= 0.3 is 0 Å². The van der Waals surface area contributed by atoms with E-state index in [0.29, 0.717) is 11.8 Å². The van der Waals surface area contributed by atoms with Crippen LogP contribution in [-0.4, -0.2) is 12.5 Å². The molecule has 0 unspecified atom stereocenters. The third-order valence-corrected chi connectivity index (χ3v) is 4.12. The monoisotopic (exact) mass is 239 g/mol. The molecule has 0 bridgehead atoms. The highest BCUT2D eigenvalue weighted by molar-refractivity contribution is 5.78. The third kappa shape index (κ3) is 5.56. The number of nitrogens with one attached hydrogen (secondary N) is 1. The molecule has 1 aliphatic rings. The number of carbonyl (C=O) groups excluding carboxylic acids is 1. The van der Waals surface area contributed by atoms with Crippen molar-refractivity contribution in [3.05, 3.63) is 0 Å². The van der Waals surface area contributed by atoms with Crippen molar-refractivity contribution in [2.75, 3.05) is 6.54 Å². The summed E-state index contributed by atoms with van der Waals surface area (Å²) in [5, 5.41) is 3.11. The van der Waals surface area contributed by atoms with Crippen LogP contribution in [0.5, 0.6) is 0 Å². The Balaban J connectivity index is 2.08. The second-order valence-corrected chi connectivity index (χ2v) is 5.48. The first-order valence-corrected chi connectivity index (χ1v) is 7.55. The van der Waals surface area contributed by atoms with Gasteiger partial charge in [-0.1, -0.05) is 39.5 Å². The Morgan fingerprint density at radius 3 is 2.35 bits per heavy atom. The van der Waals surface area contributed by atoms with Gasteiger partial charge in [0, 0.05) is 12.5 Å². The van der Waals surface area contributed by atoms with Crippen molar-refractivity contribution < 1.29 is 4.79 Å². The lowest BCUT2D eigenvalue weighted by Gasteiger charge is -2.26. The summed E-state index contributed by atoms with van der Waals surface area (Å²) in [5.41, 5.74) is 0. The van der Waals surface area contributed by atoms with E-state index in [1.807, 2.05) is 0 Å². The highest BCUT2D eigenvalue weighted by atomic mass is 16.1. The molecule has 0 aromatic rings. The Morgan fingerprint density at radius 2 is 1.76 bits per heavy atom. The lowest BCUT2D eigenvalue weighted by Crippen LogP contribution is -2.33. The summed E-state index contributed by atoms with van der Waals surface area (Å²) in [6, 6.07) is 0. The number of hydrogen-bond acceptors (Lipinski definition) is 1. The van der Waals surface area contributed by atoms with Crippen molar-refractivity contribution in [2.24, 2.45) is 11.8 Å². The zero-order valence-electron chi connectivity index (χ0n) is 11.6. The Bertz CT molecular complexity index is 207. The predicted molar refractivity (Wildman–Crippen MR) is 72.9 cm³/mol. The van der Waals surface area contributed by atoms with Gasteiger partial charge in [-0.2, -0.15) is 0 Å². The first-order valence-electron chi connectivity index (χ1n) is 7.55. The van der Waals surface area contributed by atoms with Crippen molar-refractivity contribution in [3.63, 3.8) is 0 Å². The lowest BCUT2D eigenvalue weighted by atomic mass is 9.80. The highest BCUT2D eigenvalue weighted by Crippen LogP contribution is 2.30. The van der Waals surface area contributed by atoms with Crippen LogP contribution in [0.2, 0.25) is 0 Å². The molecule has 1 rings (SSSR count). The molecule has 100 valence electrons. The molecule has 0 heterocycles. The summed E-state index contributed by atoms with van der Waals surface area (Å²) in [4.78, 5) is 11.9. The maximum absolute atomic E-state index is 11.9. The number of unbranched alkanes of at least 4 members (excludes halogenated alkanes) is 3. The summed E-state index contributed by atoms with van der Waals surface area (Å²) < 4.78 is 0. The Morgan fingerprint density at radius 1 is 1.06 bits per heavy atom. The quantitative estimate of drug-likeness (QED) is 0.671. The standard InChI is InChI=1S/C15H29NO/c1-3-5-6-7-12-16-15(17)14-10-8-13(4-2)9-11-14/h13-14H,3-12H2,1-2H3,(H,16,17). The summed E-state index contributed by atoms with van der Waals surface area (Å²) in [6.07, 6.45) is 11.0. The molecule has 0 aliphatic heterocycles. The molecule has 1 fully saturated rings. The van der Waals surface area contributed by atoms with E-state index in [0.717, 1.165) is 31.7 Å². The minimum atomic E-state index is 0.309. The molecule has 0 aromatic heterocycles. The van der Waals surface area contributed by atoms with Crippen LogP contribution < -0.4 is 5.32 Å². The lowest BCUT2D eigenvalue weighted by molar-refractivity contribution is -0.126. The Kier molecular flexibility index (Phi) is 7.30. The Labute approximate surface area is 107 Å². The summed E-state index contributed by atoms with van der Waals surface area (Å²) in [7, 11) is 0. The average Bonchev–Trinajstić information content (AvgIpc) is 2.38. The molecule has 2 heteroatoms. The van der Waals surface area contributed by atoms with Crippen LogP contribution >= 0.6 is 0 Å². The van der Waals surface area contributed by atoms with E-state index >= 15 is 0 Å². The van der Waals surface area contributed by atoms with Gasteiger partial charge in [-0.05, 0) is 38.0 Å². The van der Waals surface area contributed by atoms with Gasteiger partial charge in [0.2, 0.25) is 5.91 Å². The fraction of sp³-hybridized carbons (Fsp3) is 0.933. The molecule has 1 N–H and O–H groups in total. The summed E-state index contributed by atoms with van der Waals surface area (Å²) in [6.45, 7) is 5.36. The zero-order valence-corrected chi connectivity index (χ0v) is 11.6. The maximum Gasteiger partial charge on any atom is 0.223 e. The van der Waals surface area contributed by atoms with E-state index in [-0.39, 0.29) is 0 Å². The molecule has 2 nitrogen and oxygen atoms in total. The maximum atomic E-state index is 11.9. The largest absolute Gasteiger partial charge is 0.356 e. The summed E-state index contributed by atoms with van der Waals surface area (Å²) >= 11 is 0. The zero-order chi connectivity index (χ0) is 12.5. The van der Waals surface area contributed by atoms with E-state index in [1.54, 1.807) is 0 Å². The van der Waals surface area contributed by atoms with Crippen molar-refractivity contribution in [3.8, 4) is 0 Å². The fourth-order valence-corrected chi connectivity index (χ4v) is 2.74. The molecule has 17 heavy (non-hydrogen) atoms. The first kappa shape index (κ1) is 14.5. The van der Waals surface area contributed by atoms with Crippen LogP contribution in [0.1, 0.15) is 71.6 Å². The van der Waals surface area contributed by atoms with Crippen molar-refractivity contribution in [2.45, 2.75) is 71.6 Å². The van der Waals surface area contributed by atoms with Crippen LogP contribution in [0.3, 0.4) is 0 Å². The molecule has 1 saturated carbocycles. The molecule has 0 atom stereocenters. The van der Waals surface area contributed by atoms with Crippen LogP contribution in [0.15, 0.2) is 0 Å². The molecular formula is C15H29NO. The topological polar surface area (TPSA) is 29.1 Å². The number of rotatable bonds is 7. The van der Waals surface area contributed by atoms with E-state index in [2.05, 4.69) is 19.2 Å². The van der Waals surface area contributed by atoms with Crippen LogP contribution in [-0.2, 0) is 4.79 Å². The van der Waals surface area contributed by atoms with Gasteiger partial charge in [0.15, 0.2) is 0 Å². The minimum Gasteiger partial charge on any atom is -0.356 e. The fourth-order valence-electron chi connectivity index (χ4n) is 2.74. The van der Waals surface area contributed by atoms with Crippen LogP contribution in [0.25, 0.3) is 0 Å². The van der Waals surface area contributed by atoms with Gasteiger partial charge in [0.25, 0.3) is 0 Å². The number of hydrogen-bond donors (Lipinski definition) is 1. The van der Waals surface area contributed by atoms with Crippen molar-refractivity contribution in [1.82, 2.24) is 5.32 Å². The average molecular weight is 239 g/mol. The first-order chi connectivity index (χ1) is 8.27. The molecule has 0 saturated heterocycles. The van der Waals surface area contributed by atoms with Crippen LogP contribution in [0.4, 0.5) is 0 Å². The minimum absolute atomic E-state index is 0.309. The van der Waals surface area contributed by atoms with Crippen molar-refractivity contribution in [1.29, 1.82) is 0 Å². The van der Waals surface area contributed by atoms with Gasteiger partial charge in [0.05, 0.1) is 0 Å². The van der Waals surface area contributed by atoms with E-state index < -0.39 is 0 Å². The summed E-state index contributed by atoms with van der Waals surface area (Å²) in [5.74, 6) is 1.50. The molecular weight excluding hydrogens is 210 g/mol. The third-order valence-electron chi connectivity index (χ3n) is 4.12. The van der Waals surface area contributed by atoms with Gasteiger partial charge in [-0.3, -0.25) is 4.79 Å². The highest BCUT2D eigenvalue weighted by Gasteiger charge is 2.24. The van der Waals surface area contributed by atoms with Crippen molar-refractivity contribution >= 4 is 5.91 Å². The predicted octanol–water partition coefficient (Wildman–Crippen LogP) is 3.90. The molecule has 0 aromatic carbocycles. The molecule has 0 spiro atoms.